The van der Waals surface area contributed by atoms with E-state index in [4.69, 9.17) is 15.2 Å². The van der Waals surface area contributed by atoms with Crippen LogP contribution in [0.1, 0.15) is 29.7 Å². The lowest BCUT2D eigenvalue weighted by atomic mass is 9.88. The first-order valence-corrected chi connectivity index (χ1v) is 8.49. The summed E-state index contributed by atoms with van der Waals surface area (Å²) in [5.74, 6) is 0.990. The van der Waals surface area contributed by atoms with Crippen molar-refractivity contribution in [3.8, 4) is 11.5 Å². The first-order valence-electron chi connectivity index (χ1n) is 8.49. The van der Waals surface area contributed by atoms with E-state index < -0.39 is 23.9 Å². The van der Waals surface area contributed by atoms with Gasteiger partial charge in [-0.3, -0.25) is 0 Å². The van der Waals surface area contributed by atoms with Gasteiger partial charge in [-0.2, -0.15) is 13.2 Å². The van der Waals surface area contributed by atoms with Crippen LogP contribution in [0.4, 0.5) is 13.2 Å². The highest BCUT2D eigenvalue weighted by molar-refractivity contribution is 5.43. The summed E-state index contributed by atoms with van der Waals surface area (Å²) in [5.41, 5.74) is 6.41. The maximum Gasteiger partial charge on any atom is 0.416 e. The molecule has 4 nitrogen and oxygen atoms in total. The summed E-state index contributed by atoms with van der Waals surface area (Å²) >= 11 is 0. The summed E-state index contributed by atoms with van der Waals surface area (Å²) in [6.07, 6.45) is -5.15. The lowest BCUT2D eigenvalue weighted by molar-refractivity contribution is -0.137. The van der Waals surface area contributed by atoms with Gasteiger partial charge in [0.1, 0.15) is 0 Å². The normalized spacial score (nSPS) is 15.1. The van der Waals surface area contributed by atoms with E-state index in [9.17, 15) is 18.3 Å². The molecule has 0 aliphatic carbocycles. The number of nitrogens with two attached hydrogens (primary N) is 1. The molecule has 0 saturated heterocycles. The summed E-state index contributed by atoms with van der Waals surface area (Å²) in [6, 6.07) is 9.34. The molecular formula is C20H24F3NO3. The largest absolute Gasteiger partial charge is 0.493 e. The van der Waals surface area contributed by atoms with E-state index >= 15 is 0 Å². The highest BCUT2D eigenvalue weighted by Crippen LogP contribution is 2.33. The molecule has 7 heteroatoms. The molecule has 0 amide bonds. The number of ether oxygens (including phenoxy) is 2. The maximum atomic E-state index is 12.9. The zero-order chi connectivity index (χ0) is 20.2. The Morgan fingerprint density at radius 2 is 1.70 bits per heavy atom. The zero-order valence-electron chi connectivity index (χ0n) is 15.5. The molecule has 27 heavy (non-hydrogen) atoms. The number of methoxy groups -OCH3 is 2. The Bertz CT molecular complexity index is 764. The molecule has 3 N–H and O–H groups in total. The fourth-order valence-electron chi connectivity index (χ4n) is 2.95. The smallest absolute Gasteiger partial charge is 0.416 e. The molecule has 0 aliphatic rings. The molecule has 2 rings (SSSR count). The molecule has 0 radical (unpaired) electrons. The van der Waals surface area contributed by atoms with Crippen LogP contribution in [0.5, 0.6) is 11.5 Å². The van der Waals surface area contributed by atoms with Crippen LogP contribution in [-0.2, 0) is 12.6 Å². The van der Waals surface area contributed by atoms with Gasteiger partial charge >= 0.3 is 6.18 Å². The van der Waals surface area contributed by atoms with Crippen LogP contribution in [0.25, 0.3) is 0 Å². The molecular weight excluding hydrogens is 359 g/mol. The van der Waals surface area contributed by atoms with E-state index in [0.717, 1.165) is 17.7 Å². The number of hydrogen-bond acceptors (Lipinski definition) is 4. The van der Waals surface area contributed by atoms with Crippen molar-refractivity contribution in [2.24, 2.45) is 11.7 Å². The van der Waals surface area contributed by atoms with Crippen molar-refractivity contribution in [1.82, 2.24) is 0 Å². The number of aliphatic hydroxyl groups is 1. The molecule has 1 unspecified atom stereocenters. The number of benzene rings is 2. The Kier molecular flexibility index (Phi) is 6.73. The molecule has 0 saturated carbocycles. The van der Waals surface area contributed by atoms with Crippen LogP contribution < -0.4 is 15.2 Å². The van der Waals surface area contributed by atoms with Crippen LogP contribution in [0, 0.1) is 5.92 Å². The number of aliphatic hydroxyl groups excluding tert-OH is 1. The molecule has 0 aromatic heterocycles. The van der Waals surface area contributed by atoms with Crippen LogP contribution in [0.15, 0.2) is 42.5 Å². The summed E-state index contributed by atoms with van der Waals surface area (Å²) in [6.45, 7) is 1.85. The van der Waals surface area contributed by atoms with Gasteiger partial charge in [0.25, 0.3) is 0 Å². The minimum atomic E-state index is -4.47. The van der Waals surface area contributed by atoms with Gasteiger partial charge in [0.15, 0.2) is 11.5 Å². The molecule has 2 aromatic carbocycles. The molecule has 2 aromatic rings. The van der Waals surface area contributed by atoms with Crippen molar-refractivity contribution < 1.29 is 27.8 Å². The third kappa shape index (κ3) is 5.14. The molecule has 3 atom stereocenters. The predicted octanol–water partition coefficient (Wildman–Crippen LogP) is 3.96. The Balaban J connectivity index is 2.14. The molecule has 0 aliphatic heterocycles. The van der Waals surface area contributed by atoms with E-state index in [1.54, 1.807) is 13.2 Å². The van der Waals surface area contributed by atoms with E-state index in [-0.39, 0.29) is 11.5 Å². The van der Waals surface area contributed by atoms with E-state index in [1.165, 1.54) is 19.2 Å². The van der Waals surface area contributed by atoms with Gasteiger partial charge in [-0.15, -0.1) is 0 Å². The Labute approximate surface area is 156 Å². The van der Waals surface area contributed by atoms with Crippen molar-refractivity contribution in [3.63, 3.8) is 0 Å². The first-order chi connectivity index (χ1) is 12.7. The predicted molar refractivity (Wildman–Crippen MR) is 96.8 cm³/mol. The first kappa shape index (κ1) is 21.1. The van der Waals surface area contributed by atoms with Crippen molar-refractivity contribution in [1.29, 1.82) is 0 Å². The monoisotopic (exact) mass is 383 g/mol. The van der Waals surface area contributed by atoms with Crippen LogP contribution >= 0.6 is 0 Å². The minimum absolute atomic E-state index is 0.150. The Morgan fingerprint density at radius 3 is 2.30 bits per heavy atom. The van der Waals surface area contributed by atoms with Crippen LogP contribution in [0.2, 0.25) is 0 Å². The zero-order valence-corrected chi connectivity index (χ0v) is 15.5. The Hall–Kier alpha value is -2.25. The van der Waals surface area contributed by atoms with E-state index in [2.05, 4.69) is 0 Å². The third-order valence-electron chi connectivity index (χ3n) is 4.58. The van der Waals surface area contributed by atoms with Crippen molar-refractivity contribution >= 4 is 0 Å². The molecule has 148 valence electrons. The van der Waals surface area contributed by atoms with Gasteiger partial charge in [-0.05, 0) is 47.7 Å². The van der Waals surface area contributed by atoms with Crippen LogP contribution in [0.3, 0.4) is 0 Å². The fraction of sp³-hybridized carbons (Fsp3) is 0.400. The van der Waals surface area contributed by atoms with Crippen molar-refractivity contribution in [2.75, 3.05) is 14.2 Å². The minimum Gasteiger partial charge on any atom is -0.493 e. The summed E-state index contributed by atoms with van der Waals surface area (Å²) in [4.78, 5) is 0. The number of alkyl halides is 3. The molecule has 0 heterocycles. The highest BCUT2D eigenvalue weighted by Gasteiger charge is 2.32. The standard InChI is InChI=1S/C20H24F3NO3/c1-12(9-13-7-8-16(26-2)17(10-13)27-3)18(24)19(25)14-5-4-6-15(11-14)20(21,22)23/h4-8,10-12,18-19,25H,9,24H2,1-3H3/t12?,18-,19-/m1/s1. The van der Waals surface area contributed by atoms with E-state index in [1.807, 2.05) is 19.1 Å². The second-order valence-electron chi connectivity index (χ2n) is 6.52. The summed E-state index contributed by atoms with van der Waals surface area (Å²) < 4.78 is 49.1. The average Bonchev–Trinajstić information content (AvgIpc) is 2.66. The van der Waals surface area contributed by atoms with Gasteiger partial charge in [0.2, 0.25) is 0 Å². The molecule has 0 bridgehead atoms. The number of rotatable bonds is 7. The van der Waals surface area contributed by atoms with Crippen molar-refractivity contribution in [3.05, 3.63) is 59.2 Å². The number of hydrogen-bond donors (Lipinski definition) is 2. The lowest BCUT2D eigenvalue weighted by Gasteiger charge is -2.26. The maximum absolute atomic E-state index is 12.9. The van der Waals surface area contributed by atoms with Gasteiger partial charge in [-0.1, -0.05) is 25.1 Å². The Morgan fingerprint density at radius 1 is 1.04 bits per heavy atom. The average molecular weight is 383 g/mol. The molecule has 0 spiro atoms. The topological polar surface area (TPSA) is 64.7 Å². The quantitative estimate of drug-likeness (QED) is 0.760. The fourth-order valence-corrected chi connectivity index (χ4v) is 2.95. The second-order valence-corrected chi connectivity index (χ2v) is 6.52. The van der Waals surface area contributed by atoms with Gasteiger partial charge < -0.3 is 20.3 Å². The number of halogens is 3. The van der Waals surface area contributed by atoms with Crippen LogP contribution in [-0.4, -0.2) is 25.4 Å². The van der Waals surface area contributed by atoms with E-state index in [0.29, 0.717) is 17.9 Å². The van der Waals surface area contributed by atoms with Gasteiger partial charge in [0, 0.05) is 6.04 Å². The second kappa shape index (κ2) is 8.63. The summed E-state index contributed by atoms with van der Waals surface area (Å²) in [5, 5.41) is 10.5. The lowest BCUT2D eigenvalue weighted by Crippen LogP contribution is -2.36. The SMILES string of the molecule is COc1ccc(CC(C)[C@@H](N)[C@H](O)c2cccc(C(F)(F)F)c2)cc1OC. The van der Waals surface area contributed by atoms with Gasteiger partial charge in [0.05, 0.1) is 25.9 Å². The highest BCUT2D eigenvalue weighted by atomic mass is 19.4. The van der Waals surface area contributed by atoms with Gasteiger partial charge in [-0.25, -0.2) is 0 Å². The third-order valence-corrected chi connectivity index (χ3v) is 4.58. The molecule has 0 fully saturated rings. The summed E-state index contributed by atoms with van der Waals surface area (Å²) in [7, 11) is 3.08. The van der Waals surface area contributed by atoms with Crippen molar-refractivity contribution in [2.45, 2.75) is 31.7 Å².